The number of rotatable bonds is 7. The fourth-order valence-corrected chi connectivity index (χ4v) is 2.98. The van der Waals surface area contributed by atoms with E-state index in [4.69, 9.17) is 11.5 Å². The molecule has 0 aliphatic rings. The Balaban J connectivity index is 2.05. The lowest BCUT2D eigenvalue weighted by molar-refractivity contribution is 0.0767. The molecule has 5 nitrogen and oxygen atoms in total. The molecule has 6 heteroatoms. The van der Waals surface area contributed by atoms with Crippen molar-refractivity contribution in [3.05, 3.63) is 57.8 Å². The molecular formula is C16H19N3O2S. The first kappa shape index (κ1) is 16.2. The highest BCUT2D eigenvalue weighted by Gasteiger charge is 2.18. The number of benzene rings is 1. The predicted octanol–water partition coefficient (Wildman–Crippen LogP) is 1.49. The number of carbonyl (C=O) groups is 2. The molecule has 0 atom stereocenters. The van der Waals surface area contributed by atoms with Crippen LogP contribution < -0.4 is 11.5 Å². The summed E-state index contributed by atoms with van der Waals surface area (Å²) in [6, 6.07) is 11.5. The van der Waals surface area contributed by atoms with E-state index in [9.17, 15) is 9.59 Å². The average molecular weight is 317 g/mol. The second-order valence-corrected chi connectivity index (χ2v) is 5.79. The molecule has 2 amide bonds. The van der Waals surface area contributed by atoms with E-state index in [0.717, 1.165) is 6.42 Å². The summed E-state index contributed by atoms with van der Waals surface area (Å²) in [4.78, 5) is 25.9. The normalized spacial score (nSPS) is 10.4. The van der Waals surface area contributed by atoms with Gasteiger partial charge in [0.15, 0.2) is 0 Å². The van der Waals surface area contributed by atoms with E-state index in [0.29, 0.717) is 30.1 Å². The van der Waals surface area contributed by atoms with Crippen LogP contribution >= 0.6 is 11.3 Å². The molecule has 0 saturated heterocycles. The third kappa shape index (κ3) is 4.16. The SMILES string of the molecule is NCCN(CCc1ccccc1)C(=O)c1cc(C(N)=O)cs1. The Morgan fingerprint density at radius 3 is 2.45 bits per heavy atom. The van der Waals surface area contributed by atoms with Gasteiger partial charge in [0.2, 0.25) is 5.91 Å². The van der Waals surface area contributed by atoms with Crippen molar-refractivity contribution in [1.82, 2.24) is 4.90 Å². The molecule has 22 heavy (non-hydrogen) atoms. The molecule has 1 aromatic carbocycles. The summed E-state index contributed by atoms with van der Waals surface area (Å²) < 4.78 is 0. The molecule has 0 unspecified atom stereocenters. The second-order valence-electron chi connectivity index (χ2n) is 4.88. The molecule has 116 valence electrons. The predicted molar refractivity (Wildman–Crippen MR) is 87.9 cm³/mol. The molecule has 1 aromatic heterocycles. The fraction of sp³-hybridized carbons (Fsp3) is 0.250. The zero-order chi connectivity index (χ0) is 15.9. The standard InChI is InChI=1S/C16H19N3O2S/c17-7-9-19(8-6-12-4-2-1-3-5-12)16(21)14-10-13(11-22-14)15(18)20/h1-5,10-11H,6-9,17H2,(H2,18,20). The summed E-state index contributed by atoms with van der Waals surface area (Å²) in [5, 5.41) is 1.60. The van der Waals surface area contributed by atoms with Crippen LogP contribution in [0.2, 0.25) is 0 Å². The fourth-order valence-electron chi connectivity index (χ4n) is 2.11. The van der Waals surface area contributed by atoms with Crippen LogP contribution in [0.5, 0.6) is 0 Å². The lowest BCUT2D eigenvalue weighted by Gasteiger charge is -2.21. The Morgan fingerprint density at radius 1 is 1.14 bits per heavy atom. The minimum atomic E-state index is -0.523. The lowest BCUT2D eigenvalue weighted by atomic mass is 10.1. The highest BCUT2D eigenvalue weighted by molar-refractivity contribution is 7.12. The van der Waals surface area contributed by atoms with Gasteiger partial charge in [0.05, 0.1) is 10.4 Å². The number of thiophene rings is 1. The minimum Gasteiger partial charge on any atom is -0.366 e. The number of hydrogen-bond donors (Lipinski definition) is 2. The third-order valence-electron chi connectivity index (χ3n) is 3.29. The number of primary amides is 1. The van der Waals surface area contributed by atoms with Gasteiger partial charge in [0.1, 0.15) is 0 Å². The summed E-state index contributed by atoms with van der Waals surface area (Å²) in [5.74, 6) is -0.635. The van der Waals surface area contributed by atoms with Crippen LogP contribution in [0.1, 0.15) is 25.6 Å². The van der Waals surface area contributed by atoms with E-state index in [2.05, 4.69) is 0 Å². The van der Waals surface area contributed by atoms with Gasteiger partial charge in [-0.15, -0.1) is 11.3 Å². The first-order chi connectivity index (χ1) is 10.6. The Labute approximate surface area is 133 Å². The summed E-state index contributed by atoms with van der Waals surface area (Å²) >= 11 is 1.23. The van der Waals surface area contributed by atoms with E-state index < -0.39 is 5.91 Å². The smallest absolute Gasteiger partial charge is 0.263 e. The molecular weight excluding hydrogens is 298 g/mol. The van der Waals surface area contributed by atoms with Crippen molar-refractivity contribution >= 4 is 23.2 Å². The van der Waals surface area contributed by atoms with Gasteiger partial charge in [-0.05, 0) is 18.1 Å². The van der Waals surface area contributed by atoms with Gasteiger partial charge in [-0.2, -0.15) is 0 Å². The van der Waals surface area contributed by atoms with Crippen LogP contribution in [0, 0.1) is 0 Å². The van der Waals surface area contributed by atoms with Gasteiger partial charge in [-0.3, -0.25) is 9.59 Å². The van der Waals surface area contributed by atoms with Gasteiger partial charge >= 0.3 is 0 Å². The maximum atomic E-state index is 12.5. The van der Waals surface area contributed by atoms with Gasteiger partial charge in [-0.1, -0.05) is 30.3 Å². The van der Waals surface area contributed by atoms with E-state index in [-0.39, 0.29) is 5.91 Å². The summed E-state index contributed by atoms with van der Waals surface area (Å²) in [6.07, 6.45) is 0.765. The Kier molecular flexibility index (Phi) is 5.68. The van der Waals surface area contributed by atoms with Crippen LogP contribution in [0.4, 0.5) is 0 Å². The van der Waals surface area contributed by atoms with Crippen LogP contribution in [-0.4, -0.2) is 36.3 Å². The Hall–Kier alpha value is -2.18. The van der Waals surface area contributed by atoms with Crippen molar-refractivity contribution in [2.24, 2.45) is 11.5 Å². The molecule has 1 heterocycles. The largest absolute Gasteiger partial charge is 0.366 e. The summed E-state index contributed by atoms with van der Waals surface area (Å²) in [7, 11) is 0. The molecule has 0 bridgehead atoms. The van der Waals surface area contributed by atoms with E-state index in [1.54, 1.807) is 16.3 Å². The van der Waals surface area contributed by atoms with Crippen molar-refractivity contribution in [3.63, 3.8) is 0 Å². The van der Waals surface area contributed by atoms with Crippen LogP contribution in [0.15, 0.2) is 41.8 Å². The van der Waals surface area contributed by atoms with E-state index >= 15 is 0 Å². The minimum absolute atomic E-state index is 0.112. The highest BCUT2D eigenvalue weighted by atomic mass is 32.1. The number of amides is 2. The summed E-state index contributed by atoms with van der Waals surface area (Å²) in [6.45, 7) is 1.47. The zero-order valence-corrected chi connectivity index (χ0v) is 13.0. The molecule has 0 radical (unpaired) electrons. The number of nitrogens with two attached hydrogens (primary N) is 2. The van der Waals surface area contributed by atoms with Gasteiger partial charge in [0, 0.05) is 25.0 Å². The molecule has 2 rings (SSSR count). The van der Waals surface area contributed by atoms with Crippen molar-refractivity contribution in [2.75, 3.05) is 19.6 Å². The molecule has 0 saturated carbocycles. The van der Waals surface area contributed by atoms with Crippen LogP contribution in [-0.2, 0) is 6.42 Å². The third-order valence-corrected chi connectivity index (χ3v) is 4.21. The number of hydrogen-bond acceptors (Lipinski definition) is 4. The quantitative estimate of drug-likeness (QED) is 0.811. The van der Waals surface area contributed by atoms with Crippen molar-refractivity contribution in [1.29, 1.82) is 0 Å². The second kappa shape index (κ2) is 7.72. The topological polar surface area (TPSA) is 89.4 Å². The van der Waals surface area contributed by atoms with Gasteiger partial charge in [0.25, 0.3) is 5.91 Å². The molecule has 4 N–H and O–H groups in total. The van der Waals surface area contributed by atoms with Crippen molar-refractivity contribution in [2.45, 2.75) is 6.42 Å². The number of carbonyl (C=O) groups excluding carboxylic acids is 2. The first-order valence-corrected chi connectivity index (χ1v) is 7.91. The molecule has 0 aliphatic heterocycles. The molecule has 0 aliphatic carbocycles. The summed E-state index contributed by atoms with van der Waals surface area (Å²) in [5.41, 5.74) is 12.4. The maximum Gasteiger partial charge on any atom is 0.263 e. The maximum absolute atomic E-state index is 12.5. The van der Waals surface area contributed by atoms with E-state index in [1.165, 1.54) is 16.9 Å². The molecule has 0 spiro atoms. The average Bonchev–Trinajstić information content (AvgIpc) is 3.02. The van der Waals surface area contributed by atoms with Crippen molar-refractivity contribution < 1.29 is 9.59 Å². The highest BCUT2D eigenvalue weighted by Crippen LogP contribution is 2.17. The first-order valence-electron chi connectivity index (χ1n) is 7.03. The Morgan fingerprint density at radius 2 is 1.86 bits per heavy atom. The van der Waals surface area contributed by atoms with Crippen LogP contribution in [0.25, 0.3) is 0 Å². The molecule has 2 aromatic rings. The van der Waals surface area contributed by atoms with Crippen molar-refractivity contribution in [3.8, 4) is 0 Å². The monoisotopic (exact) mass is 317 g/mol. The zero-order valence-electron chi connectivity index (χ0n) is 12.2. The lowest BCUT2D eigenvalue weighted by Crippen LogP contribution is -2.36. The van der Waals surface area contributed by atoms with Crippen LogP contribution in [0.3, 0.4) is 0 Å². The molecule has 0 fully saturated rings. The van der Waals surface area contributed by atoms with Gasteiger partial charge in [-0.25, -0.2) is 0 Å². The van der Waals surface area contributed by atoms with E-state index in [1.807, 2.05) is 30.3 Å². The van der Waals surface area contributed by atoms with Gasteiger partial charge < -0.3 is 16.4 Å². The Bertz CT molecular complexity index is 640. The number of nitrogens with zero attached hydrogens (tertiary/aromatic N) is 1.